The summed E-state index contributed by atoms with van der Waals surface area (Å²) in [5.74, 6) is 0.510. The predicted octanol–water partition coefficient (Wildman–Crippen LogP) is 1.60. The Hall–Kier alpha value is -1.27. The zero-order valence-electron chi connectivity index (χ0n) is 11.1. The van der Waals surface area contributed by atoms with Crippen molar-refractivity contribution in [3.8, 4) is 0 Å². The van der Waals surface area contributed by atoms with E-state index in [1.54, 1.807) is 11.0 Å². The van der Waals surface area contributed by atoms with E-state index in [-0.39, 0.29) is 17.5 Å². The Morgan fingerprint density at radius 3 is 2.75 bits per heavy atom. The van der Waals surface area contributed by atoms with E-state index in [1.165, 1.54) is 18.2 Å². The molecule has 0 unspecified atom stereocenters. The van der Waals surface area contributed by atoms with Gasteiger partial charge in [-0.2, -0.15) is 5.12 Å². The second-order valence-electron chi connectivity index (χ2n) is 4.13. The van der Waals surface area contributed by atoms with Gasteiger partial charge < -0.3 is 19.4 Å². The van der Waals surface area contributed by atoms with Crippen molar-refractivity contribution < 1.29 is 23.8 Å². The molecule has 1 saturated heterocycles. The van der Waals surface area contributed by atoms with Crippen molar-refractivity contribution in [3.05, 3.63) is 36.9 Å². The van der Waals surface area contributed by atoms with Crippen molar-refractivity contribution in [1.82, 2.24) is 10.0 Å². The molecule has 1 rings (SSSR count). The number of rotatable bonds is 6. The monoisotopic (exact) mass is 304 g/mol. The molecule has 0 radical (unpaired) electrons. The molecule has 0 aliphatic carbocycles. The zero-order valence-corrected chi connectivity index (χ0v) is 12.0. The van der Waals surface area contributed by atoms with Crippen LogP contribution >= 0.6 is 8.38 Å². The molecular weight excluding hydrogens is 286 g/mol. The first kappa shape index (κ1) is 16.8. The van der Waals surface area contributed by atoms with Crippen LogP contribution in [0.2, 0.25) is 0 Å². The second kappa shape index (κ2) is 8.11. The van der Waals surface area contributed by atoms with Gasteiger partial charge in [0.15, 0.2) is 8.38 Å². The summed E-state index contributed by atoms with van der Waals surface area (Å²) >= 11 is 0. The third kappa shape index (κ3) is 5.38. The number of nitrogens with zero attached hydrogens (tertiary/aromatic N) is 2. The van der Waals surface area contributed by atoms with Gasteiger partial charge in [-0.05, 0) is 24.9 Å². The lowest BCUT2D eigenvalue weighted by atomic mass is 10.2. The van der Waals surface area contributed by atoms with Crippen LogP contribution in [-0.2, 0) is 9.53 Å². The van der Waals surface area contributed by atoms with Crippen molar-refractivity contribution >= 4 is 14.3 Å². The highest BCUT2D eigenvalue weighted by Crippen LogP contribution is 2.29. The first-order valence-electron chi connectivity index (χ1n) is 5.96. The second-order valence-corrected chi connectivity index (χ2v) is 5.07. The minimum Gasteiger partial charge on any atom is -0.351 e. The molecular formula is C12H18FN2O4P. The number of carbonyl (C=O) groups excluding carboxylic acids is 1. The maximum Gasteiger partial charge on any atom is 0.275 e. The van der Waals surface area contributed by atoms with Crippen LogP contribution in [0.5, 0.6) is 0 Å². The number of ether oxygens (including phenoxy) is 1. The minimum absolute atomic E-state index is 0.0242. The predicted molar refractivity (Wildman–Crippen MR) is 73.4 cm³/mol. The topological polar surface area (TPSA) is 73.2 Å². The molecule has 20 heavy (non-hydrogen) atoms. The van der Waals surface area contributed by atoms with E-state index in [4.69, 9.17) is 14.5 Å². The third-order valence-corrected chi connectivity index (χ3v) is 3.14. The fourth-order valence-electron chi connectivity index (χ4n) is 1.71. The van der Waals surface area contributed by atoms with Gasteiger partial charge in [0.1, 0.15) is 6.23 Å². The lowest BCUT2D eigenvalue weighted by Crippen LogP contribution is -2.26. The number of hydrogen-bond donors (Lipinski definition) is 2. The van der Waals surface area contributed by atoms with E-state index < -0.39 is 14.3 Å². The van der Waals surface area contributed by atoms with Crippen LogP contribution in [0.15, 0.2) is 36.9 Å². The molecule has 2 N–H and O–H groups in total. The molecule has 6 nitrogen and oxygen atoms in total. The Kier molecular flexibility index (Phi) is 6.81. The van der Waals surface area contributed by atoms with E-state index in [2.05, 4.69) is 6.58 Å². The number of amides is 1. The first-order chi connectivity index (χ1) is 9.43. The summed E-state index contributed by atoms with van der Waals surface area (Å²) < 4.78 is 18.2. The summed E-state index contributed by atoms with van der Waals surface area (Å²) in [6.45, 7) is 3.61. The largest absolute Gasteiger partial charge is 0.351 e. The summed E-state index contributed by atoms with van der Waals surface area (Å²) in [6.07, 6.45) is 6.39. The summed E-state index contributed by atoms with van der Waals surface area (Å²) in [6, 6.07) is 0. The van der Waals surface area contributed by atoms with Gasteiger partial charge in [0, 0.05) is 19.3 Å². The van der Waals surface area contributed by atoms with E-state index in [1.807, 2.05) is 0 Å². The molecule has 1 fully saturated rings. The Morgan fingerprint density at radius 2 is 2.20 bits per heavy atom. The van der Waals surface area contributed by atoms with Crippen molar-refractivity contribution in [2.75, 3.05) is 7.05 Å². The molecule has 0 aromatic carbocycles. The normalized spacial score (nSPS) is 22.9. The van der Waals surface area contributed by atoms with Crippen LogP contribution in [0.25, 0.3) is 0 Å². The van der Waals surface area contributed by atoms with Gasteiger partial charge in [-0.1, -0.05) is 17.1 Å². The number of carbonyl (C=O) groups is 1. The van der Waals surface area contributed by atoms with Crippen molar-refractivity contribution in [2.45, 2.75) is 25.2 Å². The Morgan fingerprint density at radius 1 is 1.50 bits per heavy atom. The van der Waals surface area contributed by atoms with Gasteiger partial charge in [0.25, 0.3) is 5.91 Å². The zero-order chi connectivity index (χ0) is 15.1. The summed E-state index contributed by atoms with van der Waals surface area (Å²) in [5.41, 5.74) is 0. The molecule has 0 aromatic heterocycles. The fourth-order valence-corrected chi connectivity index (χ4v) is 2.05. The molecule has 1 aliphatic heterocycles. The molecule has 8 heteroatoms. The van der Waals surface area contributed by atoms with Gasteiger partial charge >= 0.3 is 0 Å². The highest BCUT2D eigenvalue weighted by atomic mass is 31.2. The molecule has 112 valence electrons. The fraction of sp³-hybridized carbons (Fsp3) is 0.417. The van der Waals surface area contributed by atoms with Crippen LogP contribution in [0.1, 0.15) is 12.8 Å². The van der Waals surface area contributed by atoms with Crippen LogP contribution in [0.4, 0.5) is 4.48 Å². The van der Waals surface area contributed by atoms with E-state index >= 15 is 0 Å². The molecule has 1 heterocycles. The molecule has 0 bridgehead atoms. The number of halogens is 1. The van der Waals surface area contributed by atoms with Crippen molar-refractivity contribution in [1.29, 1.82) is 0 Å². The van der Waals surface area contributed by atoms with Crippen LogP contribution in [-0.4, -0.2) is 45.1 Å². The number of hydrogen-bond acceptors (Lipinski definition) is 5. The smallest absolute Gasteiger partial charge is 0.275 e. The highest BCUT2D eigenvalue weighted by molar-refractivity contribution is 7.48. The van der Waals surface area contributed by atoms with E-state index in [0.717, 1.165) is 13.1 Å². The maximum absolute atomic E-state index is 12.6. The molecule has 0 saturated carbocycles. The van der Waals surface area contributed by atoms with Crippen LogP contribution in [0.3, 0.4) is 0 Å². The quantitative estimate of drug-likeness (QED) is 0.443. The summed E-state index contributed by atoms with van der Waals surface area (Å²) in [4.78, 5) is 30.3. The van der Waals surface area contributed by atoms with Gasteiger partial charge in [0.2, 0.25) is 0 Å². The first-order valence-corrected chi connectivity index (χ1v) is 7.28. The lowest BCUT2D eigenvalue weighted by Gasteiger charge is -2.23. The molecule has 1 amide bonds. The standard InChI is InChI=1S/C12H18FN2O4P/c1-3-15(8-6-11(16)14(2)13)12-5-4-10(19-12)7-9-20(17)18/h3,6-10,12,17-18H,1,4-5H2,2H3/b8-6-,9-7+/t10-,12+/m0/s1. The Bertz CT molecular complexity index is 401. The Balaban J connectivity index is 2.56. The lowest BCUT2D eigenvalue weighted by molar-refractivity contribution is -0.137. The average molecular weight is 304 g/mol. The van der Waals surface area contributed by atoms with Gasteiger partial charge in [0.05, 0.1) is 6.10 Å². The Labute approximate surface area is 118 Å². The molecule has 2 atom stereocenters. The van der Waals surface area contributed by atoms with Crippen LogP contribution in [0, 0.1) is 0 Å². The number of likely N-dealkylation sites (N-methyl/N-ethyl adjacent to an activating group) is 1. The van der Waals surface area contributed by atoms with Crippen molar-refractivity contribution in [2.24, 2.45) is 0 Å². The van der Waals surface area contributed by atoms with Crippen LogP contribution < -0.4 is 0 Å². The maximum atomic E-state index is 12.6. The molecule has 1 aliphatic rings. The minimum atomic E-state index is -2.07. The SMILES string of the molecule is C=CN(/C=C\C(=O)N(C)F)[C@H]1CC[C@@H](/C=C/P(O)O)O1. The third-order valence-electron chi connectivity index (χ3n) is 2.70. The summed E-state index contributed by atoms with van der Waals surface area (Å²) in [5, 5.41) is -0.0242. The average Bonchev–Trinajstić information content (AvgIpc) is 2.85. The molecule has 0 spiro atoms. The van der Waals surface area contributed by atoms with Gasteiger partial charge in [-0.25, -0.2) is 0 Å². The molecule has 0 aromatic rings. The highest BCUT2D eigenvalue weighted by Gasteiger charge is 2.26. The van der Waals surface area contributed by atoms with Crippen molar-refractivity contribution in [3.63, 3.8) is 0 Å². The van der Waals surface area contributed by atoms with Gasteiger partial charge in [-0.3, -0.25) is 4.79 Å². The van der Waals surface area contributed by atoms with E-state index in [9.17, 15) is 9.28 Å². The van der Waals surface area contributed by atoms with Gasteiger partial charge in [-0.15, -0.1) is 0 Å². The van der Waals surface area contributed by atoms with E-state index in [0.29, 0.717) is 12.8 Å². The summed E-state index contributed by atoms with van der Waals surface area (Å²) in [7, 11) is -1.06.